The fourth-order valence-corrected chi connectivity index (χ4v) is 2.96. The molecule has 1 unspecified atom stereocenters. The van der Waals surface area contributed by atoms with E-state index >= 15 is 0 Å². The summed E-state index contributed by atoms with van der Waals surface area (Å²) in [5, 5.41) is 4.23. The van der Waals surface area contributed by atoms with Crippen LogP contribution >= 0.6 is 11.3 Å². The molecule has 1 aromatic carbocycles. The number of fused-ring (bicyclic) bond motifs is 1. The molecule has 5 heteroatoms. The average Bonchev–Trinajstić information content (AvgIpc) is 2.81. The summed E-state index contributed by atoms with van der Waals surface area (Å²) in [6, 6.07) is 8.01. The maximum Gasteiger partial charge on any atom is 0.325 e. The number of hydrogen-bond donors (Lipinski definition) is 1. The van der Waals surface area contributed by atoms with Gasteiger partial charge in [0.05, 0.1) is 23.4 Å². The molecule has 1 heterocycles. The topological polar surface area (TPSA) is 51.2 Å². The van der Waals surface area contributed by atoms with E-state index in [-0.39, 0.29) is 12.0 Å². The molecule has 0 saturated carbocycles. The number of methoxy groups -OCH3 is 1. The highest BCUT2D eigenvalue weighted by Crippen LogP contribution is 2.27. The number of hydrogen-bond acceptors (Lipinski definition) is 5. The zero-order valence-corrected chi connectivity index (χ0v) is 12.4. The molecule has 0 aliphatic rings. The Morgan fingerprint density at radius 2 is 2.11 bits per heavy atom. The van der Waals surface area contributed by atoms with Crippen LogP contribution in [0.15, 0.2) is 24.3 Å². The van der Waals surface area contributed by atoms with Gasteiger partial charge in [-0.2, -0.15) is 0 Å². The fraction of sp³-hybridized carbons (Fsp3) is 0.429. The quantitative estimate of drug-likeness (QED) is 0.874. The monoisotopic (exact) mass is 278 g/mol. The van der Waals surface area contributed by atoms with Gasteiger partial charge in [-0.25, -0.2) is 4.98 Å². The second-order valence-corrected chi connectivity index (χ2v) is 6.06. The lowest BCUT2D eigenvalue weighted by Crippen LogP contribution is -2.48. The van der Waals surface area contributed by atoms with Crippen molar-refractivity contribution < 1.29 is 9.53 Å². The van der Waals surface area contributed by atoms with E-state index in [4.69, 9.17) is 4.74 Å². The highest BCUT2D eigenvalue weighted by atomic mass is 32.1. The molecule has 1 atom stereocenters. The van der Waals surface area contributed by atoms with Gasteiger partial charge in [0.15, 0.2) is 0 Å². The molecular weight excluding hydrogens is 260 g/mol. The van der Waals surface area contributed by atoms with E-state index in [2.05, 4.69) is 16.4 Å². The molecule has 0 spiro atoms. The van der Waals surface area contributed by atoms with Gasteiger partial charge in [-0.15, -0.1) is 11.3 Å². The van der Waals surface area contributed by atoms with Gasteiger partial charge < -0.3 is 4.74 Å². The predicted molar refractivity (Wildman–Crippen MR) is 77.3 cm³/mol. The fourth-order valence-electron chi connectivity index (χ4n) is 1.99. The van der Waals surface area contributed by atoms with Crippen molar-refractivity contribution in [2.24, 2.45) is 0 Å². The van der Waals surface area contributed by atoms with Crippen molar-refractivity contribution in [1.29, 1.82) is 0 Å². The van der Waals surface area contributed by atoms with E-state index in [1.165, 1.54) is 7.11 Å². The number of carbonyl (C=O) groups is 1. The summed E-state index contributed by atoms with van der Waals surface area (Å²) in [6.45, 7) is 5.62. The van der Waals surface area contributed by atoms with Gasteiger partial charge in [0.2, 0.25) is 0 Å². The summed E-state index contributed by atoms with van der Waals surface area (Å²) in [5.74, 6) is -0.277. The third kappa shape index (κ3) is 2.93. The van der Waals surface area contributed by atoms with E-state index in [9.17, 15) is 4.79 Å². The number of benzene rings is 1. The van der Waals surface area contributed by atoms with E-state index in [1.807, 2.05) is 39.0 Å². The molecule has 0 aliphatic heterocycles. The lowest BCUT2D eigenvalue weighted by atomic mass is 10.0. The van der Waals surface area contributed by atoms with Crippen molar-refractivity contribution in [2.75, 3.05) is 7.11 Å². The number of para-hydroxylation sites is 1. The maximum atomic E-state index is 11.7. The number of ether oxygens (including phenoxy) is 1. The SMILES string of the molecule is COC(=O)C(C)(C)NC(C)c1nc2ccccc2s1. The number of carbonyl (C=O) groups excluding carboxylic acids is 1. The molecule has 4 nitrogen and oxygen atoms in total. The number of esters is 1. The normalized spacial score (nSPS) is 13.5. The Morgan fingerprint density at radius 1 is 1.42 bits per heavy atom. The summed E-state index contributed by atoms with van der Waals surface area (Å²) in [5.41, 5.74) is 0.262. The first-order chi connectivity index (χ1) is 8.94. The van der Waals surface area contributed by atoms with E-state index < -0.39 is 5.54 Å². The molecule has 2 rings (SSSR count). The highest BCUT2D eigenvalue weighted by molar-refractivity contribution is 7.18. The van der Waals surface area contributed by atoms with E-state index in [0.717, 1.165) is 15.2 Å². The zero-order chi connectivity index (χ0) is 14.0. The van der Waals surface area contributed by atoms with Crippen molar-refractivity contribution >= 4 is 27.5 Å². The minimum Gasteiger partial charge on any atom is -0.468 e. The average molecular weight is 278 g/mol. The van der Waals surface area contributed by atoms with E-state index in [1.54, 1.807) is 11.3 Å². The third-order valence-electron chi connectivity index (χ3n) is 2.95. The molecule has 2 aromatic rings. The molecular formula is C14H18N2O2S. The van der Waals surface area contributed by atoms with Crippen LogP contribution < -0.4 is 5.32 Å². The third-order valence-corrected chi connectivity index (χ3v) is 4.17. The Bertz CT molecular complexity index is 559. The molecule has 19 heavy (non-hydrogen) atoms. The van der Waals surface area contributed by atoms with Crippen molar-refractivity contribution in [2.45, 2.75) is 32.4 Å². The van der Waals surface area contributed by atoms with Crippen LogP contribution in [0.1, 0.15) is 31.8 Å². The van der Waals surface area contributed by atoms with Crippen molar-refractivity contribution in [3.63, 3.8) is 0 Å². The van der Waals surface area contributed by atoms with Crippen LogP contribution in [0.3, 0.4) is 0 Å². The Labute approximate surface area is 116 Å². The maximum absolute atomic E-state index is 11.7. The summed E-state index contributed by atoms with van der Waals surface area (Å²) < 4.78 is 5.95. The molecule has 0 saturated heterocycles. The van der Waals surface area contributed by atoms with Crippen LogP contribution in [0.2, 0.25) is 0 Å². The summed E-state index contributed by atoms with van der Waals surface area (Å²) in [4.78, 5) is 16.3. The zero-order valence-electron chi connectivity index (χ0n) is 11.6. The first kappa shape index (κ1) is 14.0. The van der Waals surface area contributed by atoms with Gasteiger partial charge in [-0.1, -0.05) is 12.1 Å². The summed E-state index contributed by atoms with van der Waals surface area (Å²) in [6.07, 6.45) is 0. The number of nitrogens with one attached hydrogen (secondary N) is 1. The van der Waals surface area contributed by atoms with Crippen molar-refractivity contribution in [1.82, 2.24) is 10.3 Å². The first-order valence-corrected chi connectivity index (χ1v) is 6.97. The van der Waals surface area contributed by atoms with Crippen LogP contribution in [0.5, 0.6) is 0 Å². The highest BCUT2D eigenvalue weighted by Gasteiger charge is 2.31. The molecule has 1 N–H and O–H groups in total. The summed E-state index contributed by atoms with van der Waals surface area (Å²) >= 11 is 1.64. The standard InChI is InChI=1S/C14H18N2O2S/c1-9(16-14(2,3)13(17)18-4)12-15-10-7-5-6-8-11(10)19-12/h5-9,16H,1-4H3. The molecule has 0 radical (unpaired) electrons. The lowest BCUT2D eigenvalue weighted by Gasteiger charge is -2.26. The minimum atomic E-state index is -0.730. The van der Waals surface area contributed by atoms with Gasteiger partial charge in [0.1, 0.15) is 10.5 Å². The smallest absolute Gasteiger partial charge is 0.325 e. The Morgan fingerprint density at radius 3 is 2.74 bits per heavy atom. The Kier molecular flexibility index (Phi) is 3.87. The van der Waals surface area contributed by atoms with Gasteiger partial charge in [-0.05, 0) is 32.9 Å². The minimum absolute atomic E-state index is 0.00787. The summed E-state index contributed by atoms with van der Waals surface area (Å²) in [7, 11) is 1.40. The first-order valence-electron chi connectivity index (χ1n) is 6.15. The number of thiazole rings is 1. The van der Waals surface area contributed by atoms with Gasteiger partial charge >= 0.3 is 5.97 Å². The van der Waals surface area contributed by atoms with Crippen LogP contribution in [-0.4, -0.2) is 23.6 Å². The molecule has 0 fully saturated rings. The number of aromatic nitrogens is 1. The second-order valence-electron chi connectivity index (χ2n) is 5.00. The molecule has 0 aliphatic carbocycles. The van der Waals surface area contributed by atoms with Crippen LogP contribution in [0, 0.1) is 0 Å². The number of rotatable bonds is 4. The van der Waals surface area contributed by atoms with Crippen LogP contribution in [-0.2, 0) is 9.53 Å². The molecule has 102 valence electrons. The van der Waals surface area contributed by atoms with Crippen LogP contribution in [0.4, 0.5) is 0 Å². The molecule has 1 aromatic heterocycles. The second kappa shape index (κ2) is 5.27. The van der Waals surface area contributed by atoms with Gasteiger partial charge in [0.25, 0.3) is 0 Å². The Hall–Kier alpha value is -1.46. The van der Waals surface area contributed by atoms with Crippen molar-refractivity contribution in [3.8, 4) is 0 Å². The lowest BCUT2D eigenvalue weighted by molar-refractivity contribution is -0.147. The Balaban J connectivity index is 2.20. The number of nitrogens with zero attached hydrogens (tertiary/aromatic N) is 1. The molecule has 0 bridgehead atoms. The van der Waals surface area contributed by atoms with Gasteiger partial charge in [0, 0.05) is 0 Å². The molecule has 0 amide bonds. The van der Waals surface area contributed by atoms with E-state index in [0.29, 0.717) is 0 Å². The predicted octanol–water partition coefficient (Wildman–Crippen LogP) is 2.90. The largest absolute Gasteiger partial charge is 0.468 e. The van der Waals surface area contributed by atoms with Crippen molar-refractivity contribution in [3.05, 3.63) is 29.3 Å². The van der Waals surface area contributed by atoms with Crippen LogP contribution in [0.25, 0.3) is 10.2 Å². The van der Waals surface area contributed by atoms with Gasteiger partial charge in [-0.3, -0.25) is 10.1 Å².